The molecule has 0 saturated carbocycles. The van der Waals surface area contributed by atoms with Gasteiger partial charge in [0.05, 0.1) is 18.4 Å². The van der Waals surface area contributed by atoms with Crippen LogP contribution in [0.25, 0.3) is 0 Å². The predicted molar refractivity (Wildman–Crippen MR) is 92.8 cm³/mol. The quantitative estimate of drug-likeness (QED) is 0.768. The molecular weight excluding hydrogens is 339 g/mol. The molecule has 140 valence electrons. The van der Waals surface area contributed by atoms with Crippen LogP contribution >= 0.6 is 0 Å². The second-order valence-electron chi connectivity index (χ2n) is 6.76. The molecule has 2 heterocycles. The lowest BCUT2D eigenvalue weighted by Crippen LogP contribution is -2.45. The van der Waals surface area contributed by atoms with E-state index in [0.29, 0.717) is 31.8 Å². The SMILES string of the molecule is CCOC(=O)[C@@H]1CCCN(C(=O)[C@@H]2CC(=O)N(c3ccc(F)cc3)C2)C1. The minimum Gasteiger partial charge on any atom is -0.466 e. The first-order valence-corrected chi connectivity index (χ1v) is 9.01. The molecular formula is C19H23FN2O4. The zero-order valence-electron chi connectivity index (χ0n) is 14.8. The second kappa shape index (κ2) is 7.85. The van der Waals surface area contributed by atoms with E-state index in [4.69, 9.17) is 4.74 Å². The Morgan fingerprint density at radius 2 is 1.92 bits per heavy atom. The zero-order valence-corrected chi connectivity index (χ0v) is 14.8. The van der Waals surface area contributed by atoms with Gasteiger partial charge in [-0.15, -0.1) is 0 Å². The van der Waals surface area contributed by atoms with Crippen LogP contribution in [0.1, 0.15) is 26.2 Å². The minimum absolute atomic E-state index is 0.100. The molecule has 0 aliphatic carbocycles. The van der Waals surface area contributed by atoms with Crippen LogP contribution in [-0.2, 0) is 19.1 Å². The lowest BCUT2D eigenvalue weighted by molar-refractivity contribution is -0.152. The van der Waals surface area contributed by atoms with Crippen molar-refractivity contribution in [3.05, 3.63) is 30.1 Å². The Labute approximate surface area is 151 Å². The number of hydrogen-bond acceptors (Lipinski definition) is 4. The molecule has 2 aliphatic heterocycles. The van der Waals surface area contributed by atoms with Crippen molar-refractivity contribution in [1.29, 1.82) is 0 Å². The number of anilines is 1. The number of ether oxygens (including phenoxy) is 1. The van der Waals surface area contributed by atoms with Gasteiger partial charge in [0.25, 0.3) is 0 Å². The van der Waals surface area contributed by atoms with Crippen molar-refractivity contribution in [2.75, 3.05) is 31.1 Å². The number of esters is 1. The Morgan fingerprint density at radius 1 is 1.19 bits per heavy atom. The fourth-order valence-electron chi connectivity index (χ4n) is 3.63. The van der Waals surface area contributed by atoms with Crippen molar-refractivity contribution in [2.45, 2.75) is 26.2 Å². The van der Waals surface area contributed by atoms with Gasteiger partial charge in [0.1, 0.15) is 5.82 Å². The van der Waals surface area contributed by atoms with Crippen LogP contribution in [0.4, 0.5) is 10.1 Å². The van der Waals surface area contributed by atoms with Crippen LogP contribution in [0.15, 0.2) is 24.3 Å². The molecule has 6 nitrogen and oxygen atoms in total. The van der Waals surface area contributed by atoms with Gasteiger partial charge in [-0.1, -0.05) is 0 Å². The lowest BCUT2D eigenvalue weighted by Gasteiger charge is -2.33. The van der Waals surface area contributed by atoms with Gasteiger partial charge in [-0.05, 0) is 44.0 Å². The van der Waals surface area contributed by atoms with Gasteiger partial charge < -0.3 is 14.5 Å². The third-order valence-corrected chi connectivity index (χ3v) is 4.97. The molecule has 26 heavy (non-hydrogen) atoms. The fourth-order valence-corrected chi connectivity index (χ4v) is 3.63. The van der Waals surface area contributed by atoms with Gasteiger partial charge >= 0.3 is 5.97 Å². The summed E-state index contributed by atoms with van der Waals surface area (Å²) < 4.78 is 18.1. The van der Waals surface area contributed by atoms with E-state index in [2.05, 4.69) is 0 Å². The molecule has 2 amide bonds. The Hall–Kier alpha value is -2.44. The molecule has 0 bridgehead atoms. The largest absolute Gasteiger partial charge is 0.466 e. The van der Waals surface area contributed by atoms with Crippen LogP contribution < -0.4 is 4.90 Å². The van der Waals surface area contributed by atoms with Crippen molar-refractivity contribution < 1.29 is 23.5 Å². The van der Waals surface area contributed by atoms with Crippen molar-refractivity contribution >= 4 is 23.5 Å². The average Bonchev–Trinajstić information content (AvgIpc) is 3.04. The Bertz CT molecular complexity index is 691. The second-order valence-corrected chi connectivity index (χ2v) is 6.76. The maximum Gasteiger partial charge on any atom is 0.310 e. The molecule has 1 aromatic rings. The lowest BCUT2D eigenvalue weighted by atomic mass is 9.96. The minimum atomic E-state index is -0.437. The molecule has 0 radical (unpaired) electrons. The van der Waals surface area contributed by atoms with Crippen LogP contribution in [0.3, 0.4) is 0 Å². The summed E-state index contributed by atoms with van der Waals surface area (Å²) in [5.41, 5.74) is 0.592. The van der Waals surface area contributed by atoms with E-state index >= 15 is 0 Å². The number of rotatable bonds is 4. The number of amides is 2. The summed E-state index contributed by atoms with van der Waals surface area (Å²) in [5, 5.41) is 0. The van der Waals surface area contributed by atoms with E-state index < -0.39 is 5.92 Å². The molecule has 0 aromatic heterocycles. The van der Waals surface area contributed by atoms with Crippen molar-refractivity contribution in [3.63, 3.8) is 0 Å². The standard InChI is InChI=1S/C19H23FN2O4/c1-2-26-19(25)13-4-3-9-21(11-13)18(24)14-10-17(23)22(12-14)16-7-5-15(20)6-8-16/h5-8,13-14H,2-4,9-12H2,1H3/t13-,14-/m1/s1. The monoisotopic (exact) mass is 362 g/mol. The summed E-state index contributed by atoms with van der Waals surface area (Å²) in [7, 11) is 0. The van der Waals surface area contributed by atoms with Crippen molar-refractivity contribution in [1.82, 2.24) is 4.90 Å². The third kappa shape index (κ3) is 3.86. The highest BCUT2D eigenvalue weighted by Crippen LogP contribution is 2.28. The normalized spacial score (nSPS) is 23.2. The summed E-state index contributed by atoms with van der Waals surface area (Å²) in [6, 6.07) is 5.67. The molecule has 2 aliphatic rings. The number of piperidine rings is 1. The van der Waals surface area contributed by atoms with E-state index in [1.807, 2.05) is 0 Å². The van der Waals surface area contributed by atoms with Gasteiger partial charge in [-0.25, -0.2) is 4.39 Å². The number of carbonyl (C=O) groups is 3. The number of halogens is 1. The maximum atomic E-state index is 13.1. The van der Waals surface area contributed by atoms with Crippen molar-refractivity contribution in [3.8, 4) is 0 Å². The number of nitrogens with zero attached hydrogens (tertiary/aromatic N) is 2. The Balaban J connectivity index is 1.64. The summed E-state index contributed by atoms with van der Waals surface area (Å²) in [5.74, 6) is -1.61. The van der Waals surface area contributed by atoms with Gasteiger partial charge in [-0.3, -0.25) is 14.4 Å². The van der Waals surface area contributed by atoms with Gasteiger partial charge in [0, 0.05) is 31.7 Å². The molecule has 1 aromatic carbocycles. The molecule has 0 spiro atoms. The van der Waals surface area contributed by atoms with E-state index in [-0.39, 0.29) is 42.5 Å². The number of likely N-dealkylation sites (tertiary alicyclic amines) is 1. The first kappa shape index (κ1) is 18.4. The molecule has 2 saturated heterocycles. The third-order valence-electron chi connectivity index (χ3n) is 4.97. The molecule has 2 atom stereocenters. The zero-order chi connectivity index (χ0) is 18.7. The molecule has 7 heteroatoms. The topological polar surface area (TPSA) is 66.9 Å². The maximum absolute atomic E-state index is 13.1. The van der Waals surface area contributed by atoms with Crippen LogP contribution in [-0.4, -0.2) is 48.9 Å². The first-order valence-electron chi connectivity index (χ1n) is 9.01. The summed E-state index contributed by atoms with van der Waals surface area (Å²) in [6.07, 6.45) is 1.60. The first-order chi connectivity index (χ1) is 12.5. The molecule has 0 unspecified atom stereocenters. The highest BCUT2D eigenvalue weighted by molar-refractivity contribution is 6.00. The number of benzene rings is 1. The number of carbonyl (C=O) groups excluding carboxylic acids is 3. The number of hydrogen-bond donors (Lipinski definition) is 0. The van der Waals surface area contributed by atoms with Crippen LogP contribution in [0.2, 0.25) is 0 Å². The average molecular weight is 362 g/mol. The summed E-state index contributed by atoms with van der Waals surface area (Å²) in [6.45, 7) is 3.31. The Kier molecular flexibility index (Phi) is 5.54. The predicted octanol–water partition coefficient (Wildman–Crippen LogP) is 1.98. The smallest absolute Gasteiger partial charge is 0.310 e. The summed E-state index contributed by atoms with van der Waals surface area (Å²) in [4.78, 5) is 40.3. The van der Waals surface area contributed by atoms with Crippen molar-refractivity contribution in [2.24, 2.45) is 11.8 Å². The molecule has 3 rings (SSSR count). The van der Waals surface area contributed by atoms with Gasteiger partial charge in [0.2, 0.25) is 11.8 Å². The van der Waals surface area contributed by atoms with Gasteiger partial charge in [-0.2, -0.15) is 0 Å². The highest BCUT2D eigenvalue weighted by atomic mass is 19.1. The van der Waals surface area contributed by atoms with E-state index in [9.17, 15) is 18.8 Å². The van der Waals surface area contributed by atoms with Gasteiger partial charge in [0.15, 0.2) is 0 Å². The highest BCUT2D eigenvalue weighted by Gasteiger charge is 2.39. The van der Waals surface area contributed by atoms with Crippen LogP contribution in [0.5, 0.6) is 0 Å². The van der Waals surface area contributed by atoms with E-state index in [0.717, 1.165) is 6.42 Å². The van der Waals surface area contributed by atoms with E-state index in [1.54, 1.807) is 11.8 Å². The molecule has 0 N–H and O–H groups in total. The molecule has 2 fully saturated rings. The Morgan fingerprint density at radius 3 is 2.62 bits per heavy atom. The fraction of sp³-hybridized carbons (Fsp3) is 0.526. The summed E-state index contributed by atoms with van der Waals surface area (Å²) >= 11 is 0. The van der Waals surface area contributed by atoms with E-state index in [1.165, 1.54) is 29.2 Å². The van der Waals surface area contributed by atoms with Crippen LogP contribution in [0, 0.1) is 17.7 Å².